The molecule has 0 radical (unpaired) electrons. The second-order valence-electron chi connectivity index (χ2n) is 5.94. The molecule has 0 aromatic heterocycles. The van der Waals surface area contributed by atoms with Gasteiger partial charge in [-0.05, 0) is 17.0 Å². The summed E-state index contributed by atoms with van der Waals surface area (Å²) in [4.78, 5) is 25.4. The molecule has 1 aliphatic heterocycles. The Kier molecular flexibility index (Phi) is 3.01. The summed E-state index contributed by atoms with van der Waals surface area (Å²) in [6, 6.07) is 7.65. The Bertz CT molecular complexity index is 499. The standard InChI is InChI=1S/C15H19NO2/c1-10-9-13(17)16(14(10)18)12-8-6-5-7-11(12)15(2,3)4/h5-8,10H,9H2,1-4H3/t10-/m1/s1. The van der Waals surface area contributed by atoms with Crippen LogP contribution in [0, 0.1) is 5.92 Å². The molecule has 1 aromatic carbocycles. The number of imide groups is 1. The molecule has 0 unspecified atom stereocenters. The molecule has 1 atom stereocenters. The average molecular weight is 245 g/mol. The molecule has 1 aromatic rings. The normalized spacial score (nSPS) is 20.7. The van der Waals surface area contributed by atoms with Crippen LogP contribution in [0.3, 0.4) is 0 Å². The van der Waals surface area contributed by atoms with E-state index in [9.17, 15) is 9.59 Å². The smallest absolute Gasteiger partial charge is 0.237 e. The molecular formula is C15H19NO2. The van der Waals surface area contributed by atoms with E-state index in [4.69, 9.17) is 0 Å². The molecule has 18 heavy (non-hydrogen) atoms. The largest absolute Gasteiger partial charge is 0.274 e. The highest BCUT2D eigenvalue weighted by molar-refractivity contribution is 6.21. The van der Waals surface area contributed by atoms with Gasteiger partial charge < -0.3 is 0 Å². The van der Waals surface area contributed by atoms with E-state index < -0.39 is 0 Å². The lowest BCUT2D eigenvalue weighted by molar-refractivity contribution is -0.122. The first-order chi connectivity index (χ1) is 8.32. The molecule has 1 heterocycles. The van der Waals surface area contributed by atoms with Gasteiger partial charge in [-0.25, -0.2) is 0 Å². The maximum Gasteiger partial charge on any atom is 0.237 e. The van der Waals surface area contributed by atoms with Gasteiger partial charge in [0.1, 0.15) is 0 Å². The van der Waals surface area contributed by atoms with Gasteiger partial charge in [0, 0.05) is 12.3 Å². The minimum atomic E-state index is -0.203. The van der Waals surface area contributed by atoms with E-state index in [0.717, 1.165) is 11.3 Å². The lowest BCUT2D eigenvalue weighted by Crippen LogP contribution is -2.32. The van der Waals surface area contributed by atoms with Gasteiger partial charge in [0.25, 0.3) is 0 Å². The average Bonchev–Trinajstić information content (AvgIpc) is 2.52. The van der Waals surface area contributed by atoms with Crippen molar-refractivity contribution in [2.75, 3.05) is 4.90 Å². The third-order valence-corrected chi connectivity index (χ3v) is 3.33. The van der Waals surface area contributed by atoms with Crippen molar-refractivity contribution in [1.29, 1.82) is 0 Å². The Morgan fingerprint density at radius 1 is 1.17 bits per heavy atom. The second kappa shape index (κ2) is 4.23. The Balaban J connectivity index is 2.52. The fraction of sp³-hybridized carbons (Fsp3) is 0.467. The molecule has 2 amide bonds. The molecule has 1 aliphatic rings. The van der Waals surface area contributed by atoms with Gasteiger partial charge in [0.15, 0.2) is 0 Å². The van der Waals surface area contributed by atoms with Gasteiger partial charge >= 0.3 is 0 Å². The van der Waals surface area contributed by atoms with Crippen LogP contribution >= 0.6 is 0 Å². The molecular weight excluding hydrogens is 226 g/mol. The summed E-state index contributed by atoms with van der Waals surface area (Å²) in [6.07, 6.45) is 0.317. The highest BCUT2D eigenvalue weighted by Crippen LogP contribution is 2.35. The number of hydrogen-bond donors (Lipinski definition) is 0. The van der Waals surface area contributed by atoms with Crippen molar-refractivity contribution in [2.24, 2.45) is 5.92 Å². The van der Waals surface area contributed by atoms with Crippen LogP contribution in [0.25, 0.3) is 0 Å². The van der Waals surface area contributed by atoms with Crippen LogP contribution < -0.4 is 4.90 Å². The molecule has 0 bridgehead atoms. The summed E-state index contributed by atoms with van der Waals surface area (Å²) in [5, 5.41) is 0. The van der Waals surface area contributed by atoms with Gasteiger partial charge in [-0.2, -0.15) is 0 Å². The van der Waals surface area contributed by atoms with E-state index in [1.807, 2.05) is 24.3 Å². The van der Waals surface area contributed by atoms with Gasteiger partial charge in [0.2, 0.25) is 11.8 Å². The molecule has 1 saturated heterocycles. The molecule has 2 rings (SSSR count). The Hall–Kier alpha value is -1.64. The third kappa shape index (κ3) is 2.05. The van der Waals surface area contributed by atoms with Gasteiger partial charge in [-0.15, -0.1) is 0 Å². The highest BCUT2D eigenvalue weighted by atomic mass is 16.2. The third-order valence-electron chi connectivity index (χ3n) is 3.33. The molecule has 0 aliphatic carbocycles. The zero-order valence-corrected chi connectivity index (χ0v) is 11.4. The van der Waals surface area contributed by atoms with Crippen molar-refractivity contribution >= 4 is 17.5 Å². The molecule has 0 saturated carbocycles. The molecule has 0 spiro atoms. The summed E-state index contributed by atoms with van der Waals surface area (Å²) in [7, 11) is 0. The second-order valence-corrected chi connectivity index (χ2v) is 5.94. The SMILES string of the molecule is C[C@@H]1CC(=O)N(c2ccccc2C(C)(C)C)C1=O. The topological polar surface area (TPSA) is 37.4 Å². The number of benzene rings is 1. The van der Waals surface area contributed by atoms with E-state index in [2.05, 4.69) is 20.8 Å². The van der Waals surface area contributed by atoms with Crippen LogP contribution in [0.2, 0.25) is 0 Å². The Morgan fingerprint density at radius 2 is 1.78 bits per heavy atom. The lowest BCUT2D eigenvalue weighted by atomic mass is 9.85. The zero-order valence-electron chi connectivity index (χ0n) is 11.4. The fourth-order valence-corrected chi connectivity index (χ4v) is 2.34. The molecule has 0 N–H and O–H groups in total. The van der Waals surface area contributed by atoms with Crippen molar-refractivity contribution in [3.8, 4) is 0 Å². The quantitative estimate of drug-likeness (QED) is 0.713. The lowest BCUT2D eigenvalue weighted by Gasteiger charge is -2.26. The van der Waals surface area contributed by atoms with Crippen LogP contribution in [0.15, 0.2) is 24.3 Å². The van der Waals surface area contributed by atoms with Crippen LogP contribution in [-0.4, -0.2) is 11.8 Å². The molecule has 3 nitrogen and oxygen atoms in total. The van der Waals surface area contributed by atoms with Crippen molar-refractivity contribution in [3.63, 3.8) is 0 Å². The molecule has 96 valence electrons. The van der Waals surface area contributed by atoms with E-state index in [1.54, 1.807) is 6.92 Å². The molecule has 1 fully saturated rings. The van der Waals surface area contributed by atoms with Crippen molar-refractivity contribution in [1.82, 2.24) is 0 Å². The summed E-state index contributed by atoms with van der Waals surface area (Å²) in [5.41, 5.74) is 1.67. The Morgan fingerprint density at radius 3 is 2.28 bits per heavy atom. The van der Waals surface area contributed by atoms with Gasteiger partial charge in [0.05, 0.1) is 5.69 Å². The number of anilines is 1. The van der Waals surface area contributed by atoms with Crippen LogP contribution in [0.5, 0.6) is 0 Å². The van der Waals surface area contributed by atoms with E-state index in [1.165, 1.54) is 4.90 Å². The van der Waals surface area contributed by atoms with Crippen LogP contribution in [-0.2, 0) is 15.0 Å². The maximum atomic E-state index is 12.1. The van der Waals surface area contributed by atoms with Gasteiger partial charge in [-0.3, -0.25) is 14.5 Å². The van der Waals surface area contributed by atoms with Gasteiger partial charge in [-0.1, -0.05) is 45.9 Å². The molecule has 3 heteroatoms. The van der Waals surface area contributed by atoms with Crippen molar-refractivity contribution in [2.45, 2.75) is 39.5 Å². The van der Waals surface area contributed by atoms with Crippen LogP contribution in [0.1, 0.15) is 39.7 Å². The Labute approximate surface area is 108 Å². The number of hydrogen-bond acceptors (Lipinski definition) is 2. The number of amides is 2. The predicted octanol–water partition coefficient (Wildman–Crippen LogP) is 2.88. The summed E-state index contributed by atoms with van der Waals surface area (Å²) in [6.45, 7) is 8.06. The minimum Gasteiger partial charge on any atom is -0.274 e. The van der Waals surface area contributed by atoms with E-state index in [-0.39, 0.29) is 23.1 Å². The summed E-state index contributed by atoms with van der Waals surface area (Å²) < 4.78 is 0. The maximum absolute atomic E-state index is 12.1. The first-order valence-corrected chi connectivity index (χ1v) is 6.28. The number of rotatable bonds is 1. The number of nitrogens with zero attached hydrogens (tertiary/aromatic N) is 1. The van der Waals surface area contributed by atoms with E-state index >= 15 is 0 Å². The van der Waals surface area contributed by atoms with Crippen molar-refractivity contribution < 1.29 is 9.59 Å². The number of carbonyl (C=O) groups excluding carboxylic acids is 2. The minimum absolute atomic E-state index is 0.0864. The number of carbonyl (C=O) groups is 2. The zero-order chi connectivity index (χ0) is 13.5. The first kappa shape index (κ1) is 12.8. The highest BCUT2D eigenvalue weighted by Gasteiger charge is 2.38. The number of para-hydroxylation sites is 1. The fourth-order valence-electron chi connectivity index (χ4n) is 2.34. The monoisotopic (exact) mass is 245 g/mol. The van der Waals surface area contributed by atoms with Crippen LogP contribution in [0.4, 0.5) is 5.69 Å². The van der Waals surface area contributed by atoms with E-state index in [0.29, 0.717) is 6.42 Å². The van der Waals surface area contributed by atoms with Crippen molar-refractivity contribution in [3.05, 3.63) is 29.8 Å². The summed E-state index contributed by atoms with van der Waals surface area (Å²) in [5.74, 6) is -0.383. The predicted molar refractivity (Wildman–Crippen MR) is 71.4 cm³/mol. The summed E-state index contributed by atoms with van der Waals surface area (Å²) >= 11 is 0. The first-order valence-electron chi connectivity index (χ1n) is 6.28.